The van der Waals surface area contributed by atoms with Crippen LogP contribution in [0.2, 0.25) is 0 Å². The van der Waals surface area contributed by atoms with Crippen molar-refractivity contribution in [3.05, 3.63) is 29.8 Å². The zero-order chi connectivity index (χ0) is 12.8. The normalized spacial score (nSPS) is 24.7. The molecule has 0 amide bonds. The number of nitrogens with zero attached hydrogens (tertiary/aromatic N) is 1. The number of hydrogen-bond donors (Lipinski definition) is 0. The van der Waals surface area contributed by atoms with Crippen molar-refractivity contribution in [3.63, 3.8) is 0 Å². The highest BCUT2D eigenvalue weighted by molar-refractivity contribution is 7.89. The molecule has 1 heterocycles. The van der Waals surface area contributed by atoms with Gasteiger partial charge in [0.05, 0.1) is 4.90 Å². The van der Waals surface area contributed by atoms with Crippen molar-refractivity contribution in [1.29, 1.82) is 0 Å². The van der Waals surface area contributed by atoms with Crippen LogP contribution in [0.25, 0.3) is 0 Å². The summed E-state index contributed by atoms with van der Waals surface area (Å²) in [5.74, 6) is 0. The standard InChI is InChI=1S/C10H10F3NO2S/c1-7-2-4-8(5-3-7)17(15,16)14-6-9(14)10(11,12)13/h2-5,9H,6H2,1H3/t9-,14?/m1/s1. The average molecular weight is 265 g/mol. The van der Waals surface area contributed by atoms with Gasteiger partial charge >= 0.3 is 6.18 Å². The van der Waals surface area contributed by atoms with Crippen LogP contribution >= 0.6 is 0 Å². The molecule has 1 aromatic rings. The highest BCUT2D eigenvalue weighted by Gasteiger charge is 2.59. The molecule has 1 aliphatic heterocycles. The Hall–Kier alpha value is -1.08. The monoisotopic (exact) mass is 265 g/mol. The summed E-state index contributed by atoms with van der Waals surface area (Å²) in [4.78, 5) is -0.102. The number of hydrogen-bond acceptors (Lipinski definition) is 2. The van der Waals surface area contributed by atoms with Crippen molar-refractivity contribution < 1.29 is 21.6 Å². The molecular formula is C10H10F3NO2S. The van der Waals surface area contributed by atoms with Crippen LogP contribution in [0.3, 0.4) is 0 Å². The van der Waals surface area contributed by atoms with Crippen molar-refractivity contribution >= 4 is 10.0 Å². The molecule has 0 aromatic heterocycles. The van der Waals surface area contributed by atoms with Gasteiger partial charge in [-0.1, -0.05) is 17.7 Å². The minimum Gasteiger partial charge on any atom is -0.207 e. The summed E-state index contributed by atoms with van der Waals surface area (Å²) in [5.41, 5.74) is 0.849. The second-order valence-corrected chi connectivity index (χ2v) is 5.84. The van der Waals surface area contributed by atoms with Gasteiger partial charge in [-0.2, -0.15) is 17.5 Å². The minimum atomic E-state index is -4.49. The van der Waals surface area contributed by atoms with Gasteiger partial charge in [0.15, 0.2) is 0 Å². The van der Waals surface area contributed by atoms with Gasteiger partial charge in [0.25, 0.3) is 0 Å². The molecule has 1 fully saturated rings. The maximum absolute atomic E-state index is 12.3. The van der Waals surface area contributed by atoms with Crippen LogP contribution in [-0.4, -0.2) is 31.5 Å². The molecule has 0 saturated carbocycles. The molecule has 1 saturated heterocycles. The molecule has 1 unspecified atom stereocenters. The Kier molecular flexibility index (Phi) is 2.70. The van der Waals surface area contributed by atoms with Crippen LogP contribution < -0.4 is 0 Å². The summed E-state index contributed by atoms with van der Waals surface area (Å²) < 4.78 is 60.9. The van der Waals surface area contributed by atoms with Crippen LogP contribution in [0.4, 0.5) is 13.2 Å². The molecule has 1 aromatic carbocycles. The molecule has 17 heavy (non-hydrogen) atoms. The summed E-state index contributed by atoms with van der Waals surface area (Å²) in [6.07, 6.45) is -4.49. The SMILES string of the molecule is Cc1ccc(S(=O)(=O)N2C[C@@H]2C(F)(F)F)cc1. The van der Waals surface area contributed by atoms with Crippen LogP contribution in [0, 0.1) is 6.92 Å². The highest BCUT2D eigenvalue weighted by atomic mass is 32.2. The molecule has 2 atom stereocenters. The molecule has 0 N–H and O–H groups in total. The maximum Gasteiger partial charge on any atom is 0.406 e. The second kappa shape index (κ2) is 3.71. The first-order chi connectivity index (χ1) is 7.73. The fraction of sp³-hybridized carbons (Fsp3) is 0.400. The largest absolute Gasteiger partial charge is 0.406 e. The zero-order valence-electron chi connectivity index (χ0n) is 8.90. The average Bonchev–Trinajstić information content (AvgIpc) is 2.96. The number of rotatable bonds is 2. The lowest BCUT2D eigenvalue weighted by Crippen LogP contribution is -2.24. The molecule has 0 radical (unpaired) electrons. The summed E-state index contributed by atoms with van der Waals surface area (Å²) >= 11 is 0. The number of sulfonamides is 1. The predicted octanol–water partition coefficient (Wildman–Crippen LogP) is 1.93. The Morgan fingerprint density at radius 3 is 2.18 bits per heavy atom. The van der Waals surface area contributed by atoms with Crippen LogP contribution in [0.1, 0.15) is 5.56 Å². The van der Waals surface area contributed by atoms with Crippen molar-refractivity contribution in [2.24, 2.45) is 0 Å². The van der Waals surface area contributed by atoms with E-state index in [1.165, 1.54) is 12.1 Å². The summed E-state index contributed by atoms with van der Waals surface area (Å²) in [5, 5.41) is 0. The smallest absolute Gasteiger partial charge is 0.207 e. The zero-order valence-corrected chi connectivity index (χ0v) is 9.72. The Labute approximate surface area is 96.9 Å². The van der Waals surface area contributed by atoms with E-state index in [-0.39, 0.29) is 4.90 Å². The van der Waals surface area contributed by atoms with E-state index in [0.717, 1.165) is 5.56 Å². The molecule has 3 nitrogen and oxygen atoms in total. The molecule has 1 aliphatic rings. The minimum absolute atomic E-state index is 0.102. The van der Waals surface area contributed by atoms with Gasteiger partial charge in [-0.3, -0.25) is 0 Å². The molecule has 7 heteroatoms. The first kappa shape index (κ1) is 12.4. The lowest BCUT2D eigenvalue weighted by Gasteiger charge is -2.08. The van der Waals surface area contributed by atoms with Crippen molar-refractivity contribution in [1.82, 2.24) is 4.31 Å². The van der Waals surface area contributed by atoms with Gasteiger partial charge in [-0.05, 0) is 19.1 Å². The van der Waals surface area contributed by atoms with Crippen LogP contribution in [0.15, 0.2) is 29.2 Å². The van der Waals surface area contributed by atoms with E-state index in [1.54, 1.807) is 19.1 Å². The third-order valence-corrected chi connectivity index (χ3v) is 4.46. The first-order valence-electron chi connectivity index (χ1n) is 4.88. The predicted molar refractivity (Wildman–Crippen MR) is 54.9 cm³/mol. The van der Waals surface area contributed by atoms with E-state index in [9.17, 15) is 21.6 Å². The van der Waals surface area contributed by atoms with Gasteiger partial charge in [0.2, 0.25) is 10.0 Å². The van der Waals surface area contributed by atoms with Gasteiger partial charge in [-0.25, -0.2) is 8.42 Å². The van der Waals surface area contributed by atoms with E-state index in [0.29, 0.717) is 4.31 Å². The lowest BCUT2D eigenvalue weighted by atomic mass is 10.2. The summed E-state index contributed by atoms with van der Waals surface area (Å²) in [7, 11) is -4.00. The second-order valence-electron chi connectivity index (χ2n) is 3.95. The third-order valence-electron chi connectivity index (χ3n) is 2.57. The van der Waals surface area contributed by atoms with E-state index in [1.807, 2.05) is 0 Å². The highest BCUT2D eigenvalue weighted by Crippen LogP contribution is 2.39. The fourth-order valence-electron chi connectivity index (χ4n) is 1.50. The summed E-state index contributed by atoms with van der Waals surface area (Å²) in [6, 6.07) is 3.87. The van der Waals surface area contributed by atoms with Crippen LogP contribution in [-0.2, 0) is 10.0 Å². The quantitative estimate of drug-likeness (QED) is 0.766. The molecule has 0 spiro atoms. The Bertz CT molecular complexity index is 521. The Balaban J connectivity index is 2.25. The molecular weight excluding hydrogens is 255 g/mol. The van der Waals surface area contributed by atoms with E-state index in [2.05, 4.69) is 0 Å². The number of aryl methyl sites for hydroxylation is 1. The number of halogens is 3. The number of benzene rings is 1. The Morgan fingerprint density at radius 2 is 1.76 bits per heavy atom. The van der Waals surface area contributed by atoms with Gasteiger partial charge in [0.1, 0.15) is 6.04 Å². The van der Waals surface area contributed by atoms with E-state index >= 15 is 0 Å². The molecule has 0 aliphatic carbocycles. The number of alkyl halides is 3. The lowest BCUT2D eigenvalue weighted by molar-refractivity contribution is -0.132. The van der Waals surface area contributed by atoms with Gasteiger partial charge in [0, 0.05) is 6.54 Å². The van der Waals surface area contributed by atoms with Crippen molar-refractivity contribution in [2.45, 2.75) is 24.0 Å². The Morgan fingerprint density at radius 1 is 1.24 bits per heavy atom. The van der Waals surface area contributed by atoms with Crippen molar-refractivity contribution in [3.8, 4) is 0 Å². The third kappa shape index (κ3) is 2.30. The molecule has 2 rings (SSSR count). The maximum atomic E-state index is 12.3. The molecule has 94 valence electrons. The topological polar surface area (TPSA) is 37.1 Å². The van der Waals surface area contributed by atoms with E-state index in [4.69, 9.17) is 0 Å². The van der Waals surface area contributed by atoms with Gasteiger partial charge in [-0.15, -0.1) is 0 Å². The van der Waals surface area contributed by atoms with Gasteiger partial charge < -0.3 is 0 Å². The van der Waals surface area contributed by atoms with Crippen LogP contribution in [0.5, 0.6) is 0 Å². The van der Waals surface area contributed by atoms with E-state index < -0.39 is 28.8 Å². The van der Waals surface area contributed by atoms with Crippen molar-refractivity contribution in [2.75, 3.05) is 6.54 Å². The summed E-state index contributed by atoms with van der Waals surface area (Å²) in [6.45, 7) is 1.28. The first-order valence-corrected chi connectivity index (χ1v) is 6.32. The molecule has 0 bridgehead atoms. The fourth-order valence-corrected chi connectivity index (χ4v) is 3.04.